The molecule has 2 rings (SSSR count). The molecule has 0 spiro atoms. The van der Waals surface area contributed by atoms with E-state index in [0.717, 1.165) is 6.41 Å². The Labute approximate surface area is 130 Å². The van der Waals surface area contributed by atoms with Crippen molar-refractivity contribution in [3.05, 3.63) is 66.8 Å². The molecular formula is C16H25NOSiTi. The summed E-state index contributed by atoms with van der Waals surface area (Å²) in [7, 11) is 0. The quantitative estimate of drug-likeness (QED) is 0.515. The van der Waals surface area contributed by atoms with Gasteiger partial charge in [0.05, 0.1) is 0 Å². The molecule has 1 aliphatic rings. The molecule has 0 aromatic heterocycles. The molecule has 0 fully saturated rings. The maximum absolute atomic E-state index is 10.6. The topological polar surface area (TPSA) is 29.1 Å². The van der Waals surface area contributed by atoms with Crippen LogP contribution < -0.4 is 3.80 Å². The molecule has 0 radical (unpaired) electrons. The van der Waals surface area contributed by atoms with Crippen molar-refractivity contribution >= 4 is 23.5 Å². The summed E-state index contributed by atoms with van der Waals surface area (Å²) in [5, 5.41) is 4.46. The van der Waals surface area contributed by atoms with Gasteiger partial charge < -0.3 is 0 Å². The Bertz CT molecular complexity index is 491. The standard InChI is InChI=1S/C9H7.C4H6.CH3NO.2CH3.H4Si.Ti/c1-2-5-9-7-3-6-8(9)4-1;1-3-4-2;2-1-3;;;;/h1-7H;3-4H,1-2H2;1H,(H2,2,3);2*1H3;1H4;/q;;;;;;+1/p-1. The van der Waals surface area contributed by atoms with E-state index in [1.54, 1.807) is 12.2 Å². The molecule has 0 aliphatic heterocycles. The van der Waals surface area contributed by atoms with E-state index < -0.39 is 16.8 Å². The largest absolute Gasteiger partial charge is 0.0149 e. The Morgan fingerprint density at radius 1 is 1.20 bits per heavy atom. The fourth-order valence-electron chi connectivity index (χ4n) is 2.12. The molecule has 0 saturated heterocycles. The van der Waals surface area contributed by atoms with Gasteiger partial charge in [-0.3, -0.25) is 0 Å². The van der Waals surface area contributed by atoms with Gasteiger partial charge in [-0.25, -0.2) is 0 Å². The SMILES string of the molecule is C=CC=C.[CH3][Ti]([CH3])([NH]C=O)[CH]1C=Cc2ccccc21.[SiH4]. The van der Waals surface area contributed by atoms with E-state index in [2.05, 4.69) is 63.8 Å². The zero-order chi connectivity index (χ0) is 14.3. The number of rotatable bonds is 4. The molecule has 0 bridgehead atoms. The third-order valence-electron chi connectivity index (χ3n) is 3.17. The van der Waals surface area contributed by atoms with E-state index >= 15 is 0 Å². The maximum Gasteiger partial charge on any atom is -0.0149 e. The predicted octanol–water partition coefficient (Wildman–Crippen LogP) is 2.57. The number of carbonyl (C=O) groups excluding carboxylic acids is 1. The normalized spacial score (nSPS) is 15.0. The molecule has 1 amide bonds. The Morgan fingerprint density at radius 2 is 1.80 bits per heavy atom. The number of hydrogen-bond acceptors (Lipinski definition) is 1. The van der Waals surface area contributed by atoms with E-state index in [-0.39, 0.29) is 11.0 Å². The number of allylic oxidation sites excluding steroid dienone is 3. The number of amides is 1. The molecule has 1 aromatic carbocycles. The first-order valence-electron chi connectivity index (χ1n) is 6.28. The van der Waals surface area contributed by atoms with Crippen LogP contribution in [0.15, 0.2) is 55.7 Å². The average Bonchev–Trinajstić information content (AvgIpc) is 2.83. The van der Waals surface area contributed by atoms with Crippen molar-refractivity contribution in [3.63, 3.8) is 0 Å². The van der Waals surface area contributed by atoms with Crippen LogP contribution in [-0.4, -0.2) is 17.4 Å². The van der Waals surface area contributed by atoms with Gasteiger partial charge in [-0.05, 0) is 11.0 Å². The third-order valence-corrected chi connectivity index (χ3v) is 7.73. The van der Waals surface area contributed by atoms with Gasteiger partial charge in [0.15, 0.2) is 0 Å². The molecule has 108 valence electrons. The Kier molecular flexibility index (Phi) is 8.39. The van der Waals surface area contributed by atoms with Gasteiger partial charge in [0, 0.05) is 0 Å². The Morgan fingerprint density at radius 3 is 2.35 bits per heavy atom. The van der Waals surface area contributed by atoms with Crippen molar-refractivity contribution < 1.29 is 21.6 Å². The van der Waals surface area contributed by atoms with Crippen LogP contribution >= 0.6 is 0 Å². The second-order valence-electron chi connectivity index (χ2n) is 4.92. The van der Waals surface area contributed by atoms with Gasteiger partial charge in [0.1, 0.15) is 0 Å². The van der Waals surface area contributed by atoms with E-state index in [4.69, 9.17) is 0 Å². The molecule has 1 aliphatic carbocycles. The Hall–Kier alpha value is -1.16. The van der Waals surface area contributed by atoms with Crippen molar-refractivity contribution in [1.29, 1.82) is 0 Å². The molecule has 1 unspecified atom stereocenters. The first kappa shape index (κ1) is 18.8. The molecule has 20 heavy (non-hydrogen) atoms. The van der Waals surface area contributed by atoms with Crippen LogP contribution in [0.25, 0.3) is 6.08 Å². The van der Waals surface area contributed by atoms with Crippen molar-refractivity contribution in [3.8, 4) is 0 Å². The monoisotopic (exact) mass is 323 g/mol. The summed E-state index contributed by atoms with van der Waals surface area (Å²) in [6.07, 6.45) is 8.54. The van der Waals surface area contributed by atoms with Gasteiger partial charge >= 0.3 is 94.1 Å². The second kappa shape index (κ2) is 8.90. The predicted molar refractivity (Wildman–Crippen MR) is 90.9 cm³/mol. The fraction of sp³-hybridized carbons (Fsp3) is 0.188. The van der Waals surface area contributed by atoms with Gasteiger partial charge in [0.2, 0.25) is 0 Å². The zero-order valence-electron chi connectivity index (χ0n) is 11.6. The third kappa shape index (κ3) is 4.75. The van der Waals surface area contributed by atoms with Crippen LogP contribution in [0.3, 0.4) is 0 Å². The van der Waals surface area contributed by atoms with E-state index in [0.29, 0.717) is 4.22 Å². The summed E-state index contributed by atoms with van der Waals surface area (Å²) >= 11 is -2.25. The smallest absolute Gasteiger partial charge is 0.0149 e. The number of hydrogen-bond donors (Lipinski definition) is 1. The van der Waals surface area contributed by atoms with Crippen LogP contribution in [0.5, 0.6) is 0 Å². The summed E-state index contributed by atoms with van der Waals surface area (Å²) in [5.74, 6) is 0. The molecule has 1 N–H and O–H groups in total. The van der Waals surface area contributed by atoms with Crippen molar-refractivity contribution in [2.75, 3.05) is 0 Å². The summed E-state index contributed by atoms with van der Waals surface area (Å²) in [4.78, 5) is 10.6. The first-order valence-corrected chi connectivity index (χ1v) is 11.1. The summed E-state index contributed by atoms with van der Waals surface area (Å²) < 4.78 is 3.51. The van der Waals surface area contributed by atoms with Crippen LogP contribution in [0, 0.1) is 0 Å². The molecule has 1 atom stereocenters. The molecule has 2 nitrogen and oxygen atoms in total. The minimum atomic E-state index is -2.25. The number of carbonyl (C=O) groups is 1. The van der Waals surface area contributed by atoms with Crippen molar-refractivity contribution in [2.45, 2.75) is 14.7 Å². The summed E-state index contributed by atoms with van der Waals surface area (Å²) in [6, 6.07) is 8.42. The van der Waals surface area contributed by atoms with Gasteiger partial charge in [-0.1, -0.05) is 25.3 Å². The summed E-state index contributed by atoms with van der Waals surface area (Å²) in [5.41, 5.74) is 2.67. The van der Waals surface area contributed by atoms with Crippen LogP contribution in [0.1, 0.15) is 15.3 Å². The van der Waals surface area contributed by atoms with Gasteiger partial charge in [-0.15, -0.1) is 0 Å². The molecule has 4 heteroatoms. The number of nitrogens with one attached hydrogen (secondary N) is 1. The van der Waals surface area contributed by atoms with E-state index in [9.17, 15) is 4.79 Å². The minimum Gasteiger partial charge on any atom is -0.0149 e. The molecule has 0 saturated carbocycles. The second-order valence-corrected chi connectivity index (χ2v) is 11.7. The first-order chi connectivity index (χ1) is 9.06. The van der Waals surface area contributed by atoms with E-state index in [1.807, 2.05) is 0 Å². The van der Waals surface area contributed by atoms with Crippen LogP contribution in [0.2, 0.25) is 10.5 Å². The van der Waals surface area contributed by atoms with Crippen molar-refractivity contribution in [2.24, 2.45) is 0 Å². The number of benzene rings is 1. The van der Waals surface area contributed by atoms with Gasteiger partial charge in [0.25, 0.3) is 0 Å². The Balaban J connectivity index is 0.000000644. The molecule has 1 aromatic rings. The average molecular weight is 323 g/mol. The zero-order valence-corrected chi connectivity index (χ0v) is 13.2. The maximum atomic E-state index is 10.6. The molecule has 0 heterocycles. The van der Waals surface area contributed by atoms with Crippen LogP contribution in [-0.2, 0) is 21.6 Å². The van der Waals surface area contributed by atoms with Crippen molar-refractivity contribution in [1.82, 2.24) is 3.80 Å². The van der Waals surface area contributed by atoms with E-state index in [1.165, 1.54) is 11.1 Å². The molecular weight excluding hydrogens is 298 g/mol. The fourth-order valence-corrected chi connectivity index (χ4v) is 5.40. The van der Waals surface area contributed by atoms with Gasteiger partial charge in [-0.2, -0.15) is 0 Å². The minimum absolute atomic E-state index is 0. The summed E-state index contributed by atoms with van der Waals surface area (Å²) in [6.45, 7) is 6.72. The van der Waals surface area contributed by atoms with Crippen LogP contribution in [0.4, 0.5) is 0 Å². The number of fused-ring (bicyclic) bond motifs is 1.